The van der Waals surface area contributed by atoms with Crippen LogP contribution in [-0.2, 0) is 11.2 Å². The first kappa shape index (κ1) is 17.5. The molecule has 0 saturated heterocycles. The molecular weight excluding hydrogens is 308 g/mol. The maximum atomic E-state index is 11.9. The number of rotatable bonds is 7. The van der Waals surface area contributed by atoms with Crippen LogP contribution < -0.4 is 10.2 Å². The molecule has 7 nitrogen and oxygen atoms in total. The first-order chi connectivity index (χ1) is 11.5. The van der Waals surface area contributed by atoms with Crippen molar-refractivity contribution in [3.05, 3.63) is 40.7 Å². The highest BCUT2D eigenvalue weighted by molar-refractivity contribution is 5.86. The van der Waals surface area contributed by atoms with Gasteiger partial charge in [-0.25, -0.2) is 5.43 Å². The lowest BCUT2D eigenvalue weighted by Gasteiger charge is -2.07. The number of aromatic hydroxyl groups is 1. The number of nitrogens with zero attached hydrogens (tertiary/aromatic N) is 2. The van der Waals surface area contributed by atoms with Crippen LogP contribution in [0.2, 0.25) is 0 Å². The van der Waals surface area contributed by atoms with Gasteiger partial charge in [-0.2, -0.15) is 10.2 Å². The molecule has 2 rings (SSSR count). The number of hydrogen-bond acceptors (Lipinski definition) is 5. The lowest BCUT2D eigenvalue weighted by molar-refractivity contribution is -0.121. The third-order valence-electron chi connectivity index (χ3n) is 3.61. The minimum absolute atomic E-state index is 0.00185. The molecule has 0 aliphatic rings. The smallest absolute Gasteiger partial charge is 0.240 e. The fourth-order valence-electron chi connectivity index (χ4n) is 2.33. The molecule has 1 heterocycles. The van der Waals surface area contributed by atoms with Gasteiger partial charge in [0.1, 0.15) is 0 Å². The summed E-state index contributed by atoms with van der Waals surface area (Å²) < 4.78 is 5.30. The average Bonchev–Trinajstić information content (AvgIpc) is 2.87. The van der Waals surface area contributed by atoms with Crippen LogP contribution in [0.5, 0.6) is 11.5 Å². The summed E-state index contributed by atoms with van der Waals surface area (Å²) in [7, 11) is 0. The zero-order valence-corrected chi connectivity index (χ0v) is 14.1. The Hall–Kier alpha value is -2.83. The fourth-order valence-corrected chi connectivity index (χ4v) is 2.33. The Kier molecular flexibility index (Phi) is 5.95. The monoisotopic (exact) mass is 330 g/mol. The molecule has 0 aliphatic carbocycles. The Morgan fingerprint density at radius 1 is 1.46 bits per heavy atom. The molecule has 1 aromatic heterocycles. The van der Waals surface area contributed by atoms with Crippen molar-refractivity contribution in [3.8, 4) is 11.5 Å². The second-order valence-corrected chi connectivity index (χ2v) is 5.33. The van der Waals surface area contributed by atoms with Gasteiger partial charge in [-0.15, -0.1) is 0 Å². The number of aromatic amines is 1. The molecule has 0 bridgehead atoms. The number of hydrogen-bond donors (Lipinski definition) is 3. The number of phenolic OH excluding ortho intramolecular Hbond substituents is 1. The maximum absolute atomic E-state index is 11.9. The molecule has 0 fully saturated rings. The number of hydrazone groups is 1. The first-order valence-corrected chi connectivity index (χ1v) is 7.80. The van der Waals surface area contributed by atoms with E-state index in [1.54, 1.807) is 18.2 Å². The van der Waals surface area contributed by atoms with Crippen LogP contribution in [0.25, 0.3) is 0 Å². The van der Waals surface area contributed by atoms with Crippen molar-refractivity contribution < 1.29 is 14.6 Å². The second-order valence-electron chi connectivity index (χ2n) is 5.33. The average molecular weight is 330 g/mol. The highest BCUT2D eigenvalue weighted by Gasteiger charge is 2.09. The Balaban J connectivity index is 1.90. The second kappa shape index (κ2) is 8.14. The van der Waals surface area contributed by atoms with Gasteiger partial charge in [0.15, 0.2) is 11.5 Å². The molecule has 0 unspecified atom stereocenters. The summed E-state index contributed by atoms with van der Waals surface area (Å²) in [5.74, 6) is 0.187. The molecule has 7 heteroatoms. The van der Waals surface area contributed by atoms with Gasteiger partial charge in [-0.1, -0.05) is 6.07 Å². The molecule has 1 amide bonds. The summed E-state index contributed by atoms with van der Waals surface area (Å²) >= 11 is 0. The standard InChI is InChI=1S/C17H22N4O3/c1-4-24-15-7-5-6-13(17(15)23)10-18-21-16(22)9-8-14-11(2)19-20-12(14)3/h5-7,10,23H,4,8-9H2,1-3H3,(H,19,20)(H,21,22). The van der Waals surface area contributed by atoms with Crippen LogP contribution in [0, 0.1) is 13.8 Å². The number of aryl methyl sites for hydroxylation is 2. The van der Waals surface area contributed by atoms with E-state index in [1.807, 2.05) is 20.8 Å². The molecule has 0 atom stereocenters. The van der Waals surface area contributed by atoms with Gasteiger partial charge in [-0.3, -0.25) is 9.89 Å². The number of amides is 1. The summed E-state index contributed by atoms with van der Waals surface area (Å²) in [5, 5.41) is 20.9. The van der Waals surface area contributed by atoms with Crippen LogP contribution in [-0.4, -0.2) is 34.0 Å². The Morgan fingerprint density at radius 2 is 2.25 bits per heavy atom. The van der Waals surface area contributed by atoms with Crippen molar-refractivity contribution >= 4 is 12.1 Å². The molecule has 2 aromatic rings. The first-order valence-electron chi connectivity index (χ1n) is 7.80. The SMILES string of the molecule is CCOc1cccc(C=NNC(=O)CCc2c(C)n[nH]c2C)c1O. The van der Waals surface area contributed by atoms with E-state index in [1.165, 1.54) is 6.21 Å². The van der Waals surface area contributed by atoms with Crippen LogP contribution in [0.15, 0.2) is 23.3 Å². The summed E-state index contributed by atoms with van der Waals surface area (Å²) in [6, 6.07) is 5.11. The number of aromatic nitrogens is 2. The fraction of sp³-hybridized carbons (Fsp3) is 0.353. The van der Waals surface area contributed by atoms with E-state index in [-0.39, 0.29) is 11.7 Å². The zero-order chi connectivity index (χ0) is 17.5. The molecule has 3 N–H and O–H groups in total. The van der Waals surface area contributed by atoms with Crippen molar-refractivity contribution in [3.63, 3.8) is 0 Å². The number of H-pyrrole nitrogens is 1. The van der Waals surface area contributed by atoms with E-state index in [0.29, 0.717) is 30.8 Å². The van der Waals surface area contributed by atoms with Gasteiger partial charge in [-0.05, 0) is 44.9 Å². The predicted molar refractivity (Wildman–Crippen MR) is 91.4 cm³/mol. The van der Waals surface area contributed by atoms with Gasteiger partial charge in [0, 0.05) is 17.7 Å². The highest BCUT2D eigenvalue weighted by atomic mass is 16.5. The number of para-hydroxylation sites is 1. The number of phenols is 1. The van der Waals surface area contributed by atoms with E-state index < -0.39 is 0 Å². The molecule has 0 saturated carbocycles. The normalized spacial score (nSPS) is 11.0. The predicted octanol–water partition coefficient (Wildman–Crippen LogP) is 2.21. The van der Waals surface area contributed by atoms with Gasteiger partial charge >= 0.3 is 0 Å². The Labute approximate surface area is 140 Å². The van der Waals surface area contributed by atoms with Crippen molar-refractivity contribution in [1.82, 2.24) is 15.6 Å². The number of nitrogens with one attached hydrogen (secondary N) is 2. The van der Waals surface area contributed by atoms with Crippen molar-refractivity contribution in [2.45, 2.75) is 33.6 Å². The van der Waals surface area contributed by atoms with Crippen molar-refractivity contribution in [1.29, 1.82) is 0 Å². The topological polar surface area (TPSA) is 99.6 Å². The molecule has 0 spiro atoms. The zero-order valence-electron chi connectivity index (χ0n) is 14.1. The lowest BCUT2D eigenvalue weighted by atomic mass is 10.1. The van der Waals surface area contributed by atoms with Crippen LogP contribution in [0.1, 0.15) is 35.9 Å². The summed E-state index contributed by atoms with van der Waals surface area (Å²) in [4.78, 5) is 11.9. The van der Waals surface area contributed by atoms with Gasteiger partial charge < -0.3 is 9.84 Å². The molecule has 1 aromatic carbocycles. The molecular formula is C17H22N4O3. The molecule has 0 aliphatic heterocycles. The summed E-state index contributed by atoms with van der Waals surface area (Å²) in [5.41, 5.74) is 5.86. The van der Waals surface area contributed by atoms with E-state index in [2.05, 4.69) is 20.7 Å². The van der Waals surface area contributed by atoms with Crippen LogP contribution >= 0.6 is 0 Å². The third-order valence-corrected chi connectivity index (χ3v) is 3.61. The van der Waals surface area contributed by atoms with E-state index >= 15 is 0 Å². The highest BCUT2D eigenvalue weighted by Crippen LogP contribution is 2.28. The van der Waals surface area contributed by atoms with Crippen molar-refractivity contribution in [2.24, 2.45) is 5.10 Å². The van der Waals surface area contributed by atoms with E-state index in [4.69, 9.17) is 4.74 Å². The minimum Gasteiger partial charge on any atom is -0.504 e. The third kappa shape index (κ3) is 4.34. The molecule has 0 radical (unpaired) electrons. The number of carbonyl (C=O) groups excluding carboxylic acids is 1. The Bertz CT molecular complexity index is 718. The Morgan fingerprint density at radius 3 is 2.92 bits per heavy atom. The number of benzene rings is 1. The largest absolute Gasteiger partial charge is 0.504 e. The summed E-state index contributed by atoms with van der Waals surface area (Å²) in [6.45, 7) is 6.13. The van der Waals surface area contributed by atoms with Crippen molar-refractivity contribution in [2.75, 3.05) is 6.61 Å². The molecule has 128 valence electrons. The number of carbonyl (C=O) groups is 1. The summed E-state index contributed by atoms with van der Waals surface area (Å²) in [6.07, 6.45) is 2.30. The lowest BCUT2D eigenvalue weighted by Crippen LogP contribution is -2.18. The molecule has 24 heavy (non-hydrogen) atoms. The van der Waals surface area contributed by atoms with E-state index in [0.717, 1.165) is 17.0 Å². The van der Waals surface area contributed by atoms with Crippen LogP contribution in [0.3, 0.4) is 0 Å². The van der Waals surface area contributed by atoms with Gasteiger partial charge in [0.05, 0.1) is 18.5 Å². The number of ether oxygens (including phenoxy) is 1. The van der Waals surface area contributed by atoms with Gasteiger partial charge in [0.2, 0.25) is 5.91 Å². The van der Waals surface area contributed by atoms with E-state index in [9.17, 15) is 9.90 Å². The van der Waals surface area contributed by atoms with Crippen LogP contribution in [0.4, 0.5) is 0 Å². The quantitative estimate of drug-likeness (QED) is 0.535. The van der Waals surface area contributed by atoms with Gasteiger partial charge in [0.25, 0.3) is 0 Å². The maximum Gasteiger partial charge on any atom is 0.240 e. The minimum atomic E-state index is -0.202.